The Hall–Kier alpha value is -3.73. The molecule has 0 saturated heterocycles. The van der Waals surface area contributed by atoms with Crippen molar-refractivity contribution in [3.63, 3.8) is 0 Å². The van der Waals surface area contributed by atoms with E-state index in [-0.39, 0.29) is 19.5 Å². The van der Waals surface area contributed by atoms with E-state index in [1.54, 1.807) is 42.5 Å². The second-order valence-corrected chi connectivity index (χ2v) is 7.32. The van der Waals surface area contributed by atoms with Gasteiger partial charge in [0.2, 0.25) is 5.78 Å². The van der Waals surface area contributed by atoms with Gasteiger partial charge in [-0.15, -0.1) is 0 Å². The molecule has 33 heavy (non-hydrogen) atoms. The number of hydrogen-bond acceptors (Lipinski definition) is 5. The summed E-state index contributed by atoms with van der Waals surface area (Å²) in [6.07, 6.45) is -5.03. The van der Waals surface area contributed by atoms with E-state index in [1.807, 2.05) is 11.6 Å². The Morgan fingerprint density at radius 1 is 1.09 bits per heavy atom. The van der Waals surface area contributed by atoms with E-state index in [9.17, 15) is 27.6 Å². The lowest BCUT2D eigenvalue weighted by Gasteiger charge is -2.08. The Morgan fingerprint density at radius 3 is 2.42 bits per heavy atom. The summed E-state index contributed by atoms with van der Waals surface area (Å²) < 4.78 is 38.6. The number of fused-ring (bicyclic) bond motifs is 1. The highest BCUT2D eigenvalue weighted by Crippen LogP contribution is 2.25. The first-order valence-corrected chi connectivity index (χ1v) is 9.93. The zero-order valence-electron chi connectivity index (χ0n) is 17.6. The largest absolute Gasteiger partial charge is 0.481 e. The van der Waals surface area contributed by atoms with Crippen molar-refractivity contribution in [3.05, 3.63) is 53.6 Å². The number of Topliss-reactive ketones (excluding diaryl/α,β-unsaturated/α-hetero) is 1. The number of ketones is 1. The number of aromatic nitrogens is 2. The molecule has 0 aliphatic heterocycles. The van der Waals surface area contributed by atoms with Crippen LogP contribution in [0.25, 0.3) is 22.4 Å². The van der Waals surface area contributed by atoms with Crippen LogP contribution >= 0.6 is 0 Å². The third kappa shape index (κ3) is 5.95. The monoisotopic (exact) mass is 462 g/mol. The van der Waals surface area contributed by atoms with Gasteiger partial charge in [0.25, 0.3) is 5.91 Å². The van der Waals surface area contributed by atoms with E-state index in [0.717, 1.165) is 11.1 Å². The van der Waals surface area contributed by atoms with Crippen LogP contribution in [-0.4, -0.2) is 51.6 Å². The van der Waals surface area contributed by atoms with Crippen molar-refractivity contribution in [2.75, 3.05) is 13.1 Å². The Kier molecular flexibility index (Phi) is 7.12. The standard InChI is InChI=1S/C22H21F3N4O4/c1-29-17-7-6-15(21(33)27-9-8-19(31)32)10-16(17)28-20(29)14-4-2-13(3-5-14)11-26-12-18(30)22(23,24)25/h2-7,10,26H,8-9,11-12H2,1H3,(H,27,33)(H,31,32). The fraction of sp³-hybridized carbons (Fsp3) is 0.273. The molecule has 11 heteroatoms. The van der Waals surface area contributed by atoms with Gasteiger partial charge in [0.15, 0.2) is 0 Å². The number of nitrogens with zero attached hydrogens (tertiary/aromatic N) is 2. The van der Waals surface area contributed by atoms with Gasteiger partial charge in [-0.1, -0.05) is 24.3 Å². The molecule has 0 spiro atoms. The van der Waals surface area contributed by atoms with Crippen LogP contribution < -0.4 is 10.6 Å². The summed E-state index contributed by atoms with van der Waals surface area (Å²) in [6.45, 7) is -0.668. The highest BCUT2D eigenvalue weighted by Gasteiger charge is 2.37. The van der Waals surface area contributed by atoms with E-state index in [0.29, 0.717) is 22.5 Å². The summed E-state index contributed by atoms with van der Waals surface area (Å²) in [5, 5.41) is 13.7. The summed E-state index contributed by atoms with van der Waals surface area (Å²) in [7, 11) is 1.81. The van der Waals surface area contributed by atoms with Gasteiger partial charge in [-0.2, -0.15) is 13.2 Å². The Bertz CT molecular complexity index is 1190. The SMILES string of the molecule is Cn1c(-c2ccc(CNCC(=O)C(F)(F)F)cc2)nc2cc(C(=O)NCCC(=O)O)ccc21. The summed E-state index contributed by atoms with van der Waals surface area (Å²) >= 11 is 0. The highest BCUT2D eigenvalue weighted by atomic mass is 19.4. The molecule has 1 amide bonds. The highest BCUT2D eigenvalue weighted by molar-refractivity contribution is 5.98. The third-order valence-corrected chi connectivity index (χ3v) is 4.91. The second-order valence-electron chi connectivity index (χ2n) is 7.32. The lowest BCUT2D eigenvalue weighted by Crippen LogP contribution is -2.33. The van der Waals surface area contributed by atoms with Gasteiger partial charge in [0.05, 0.1) is 24.0 Å². The maximum absolute atomic E-state index is 12.3. The first-order chi connectivity index (χ1) is 15.6. The second kappa shape index (κ2) is 9.82. The molecular formula is C22H21F3N4O4. The van der Waals surface area contributed by atoms with E-state index in [2.05, 4.69) is 15.6 Å². The summed E-state index contributed by atoms with van der Waals surface area (Å²) in [6, 6.07) is 12.0. The minimum Gasteiger partial charge on any atom is -0.481 e. The maximum Gasteiger partial charge on any atom is 0.451 e. The van der Waals surface area contributed by atoms with Crippen LogP contribution in [0, 0.1) is 0 Å². The van der Waals surface area contributed by atoms with Crippen molar-refractivity contribution >= 4 is 28.7 Å². The predicted octanol–water partition coefficient (Wildman–Crippen LogP) is 2.67. The van der Waals surface area contributed by atoms with E-state index in [1.165, 1.54) is 0 Å². The van der Waals surface area contributed by atoms with E-state index in [4.69, 9.17) is 5.11 Å². The van der Waals surface area contributed by atoms with Gasteiger partial charge in [-0.25, -0.2) is 4.98 Å². The molecular weight excluding hydrogens is 441 g/mol. The molecule has 0 saturated carbocycles. The van der Waals surface area contributed by atoms with Crippen LogP contribution in [0.5, 0.6) is 0 Å². The zero-order valence-corrected chi connectivity index (χ0v) is 17.6. The number of carbonyl (C=O) groups excluding carboxylic acids is 2. The average Bonchev–Trinajstić information content (AvgIpc) is 3.09. The summed E-state index contributed by atoms with van der Waals surface area (Å²) in [5.74, 6) is -2.60. The predicted molar refractivity (Wildman–Crippen MR) is 114 cm³/mol. The topological polar surface area (TPSA) is 113 Å². The summed E-state index contributed by atoms with van der Waals surface area (Å²) in [5.41, 5.74) is 3.18. The van der Waals surface area contributed by atoms with Crippen LogP contribution in [-0.2, 0) is 23.2 Å². The van der Waals surface area contributed by atoms with Crippen molar-refractivity contribution in [3.8, 4) is 11.4 Å². The number of rotatable bonds is 9. The van der Waals surface area contributed by atoms with Crippen molar-refractivity contribution in [2.24, 2.45) is 7.05 Å². The molecule has 3 N–H and O–H groups in total. The normalized spacial score (nSPS) is 11.5. The number of alkyl halides is 3. The molecule has 0 radical (unpaired) electrons. The fourth-order valence-electron chi connectivity index (χ4n) is 3.18. The van der Waals surface area contributed by atoms with Crippen LogP contribution in [0.3, 0.4) is 0 Å². The molecule has 0 unspecified atom stereocenters. The number of hydrogen-bond donors (Lipinski definition) is 3. The molecule has 2 aromatic carbocycles. The zero-order chi connectivity index (χ0) is 24.2. The quantitative estimate of drug-likeness (QED) is 0.451. The molecule has 174 valence electrons. The van der Waals surface area contributed by atoms with E-state index >= 15 is 0 Å². The van der Waals surface area contributed by atoms with Gasteiger partial charge in [0.1, 0.15) is 5.82 Å². The molecule has 3 rings (SSSR count). The average molecular weight is 462 g/mol. The third-order valence-electron chi connectivity index (χ3n) is 4.91. The van der Waals surface area contributed by atoms with Crippen LogP contribution in [0.15, 0.2) is 42.5 Å². The molecule has 1 aromatic heterocycles. The van der Waals surface area contributed by atoms with E-state index < -0.39 is 30.4 Å². The first-order valence-electron chi connectivity index (χ1n) is 9.93. The Balaban J connectivity index is 1.70. The molecule has 3 aromatic rings. The Morgan fingerprint density at radius 2 is 1.79 bits per heavy atom. The number of aryl methyl sites for hydroxylation is 1. The number of imidazole rings is 1. The number of aliphatic carboxylic acids is 1. The van der Waals surface area contributed by atoms with Crippen molar-refractivity contribution in [1.82, 2.24) is 20.2 Å². The number of carboxylic acid groups (broad SMARTS) is 1. The number of carbonyl (C=O) groups is 3. The number of benzene rings is 2. The van der Waals surface area contributed by atoms with Gasteiger partial charge in [-0.05, 0) is 23.8 Å². The molecule has 0 bridgehead atoms. The van der Waals surface area contributed by atoms with Crippen LogP contribution in [0.4, 0.5) is 13.2 Å². The number of amides is 1. The van der Waals surface area contributed by atoms with Crippen molar-refractivity contribution in [1.29, 1.82) is 0 Å². The number of nitrogens with one attached hydrogen (secondary N) is 2. The van der Waals surface area contributed by atoms with Crippen molar-refractivity contribution in [2.45, 2.75) is 19.1 Å². The number of carboxylic acids is 1. The van der Waals surface area contributed by atoms with Crippen LogP contribution in [0.2, 0.25) is 0 Å². The Labute approximate surface area is 186 Å². The maximum atomic E-state index is 12.3. The molecule has 0 aliphatic carbocycles. The van der Waals surface area contributed by atoms with Gasteiger partial charge >= 0.3 is 12.1 Å². The molecule has 0 fully saturated rings. The molecule has 1 heterocycles. The minimum absolute atomic E-state index is 0.0191. The molecule has 8 nitrogen and oxygen atoms in total. The minimum atomic E-state index is -4.85. The molecule has 0 aliphatic rings. The summed E-state index contributed by atoms with van der Waals surface area (Å²) in [4.78, 5) is 38.3. The lowest BCUT2D eigenvalue weighted by atomic mass is 10.1. The smallest absolute Gasteiger partial charge is 0.451 e. The van der Waals surface area contributed by atoms with Gasteiger partial charge in [0, 0.05) is 31.3 Å². The first kappa shape index (κ1) is 23.9. The lowest BCUT2D eigenvalue weighted by molar-refractivity contribution is -0.169. The van der Waals surface area contributed by atoms with Crippen molar-refractivity contribution < 1.29 is 32.7 Å². The van der Waals surface area contributed by atoms with Gasteiger partial charge < -0.3 is 20.3 Å². The fourth-order valence-corrected chi connectivity index (χ4v) is 3.18. The number of halogens is 3. The van der Waals surface area contributed by atoms with Crippen LogP contribution in [0.1, 0.15) is 22.3 Å². The van der Waals surface area contributed by atoms with Gasteiger partial charge in [-0.3, -0.25) is 14.4 Å². The molecule has 0 atom stereocenters.